The molecule has 0 aliphatic heterocycles. The molecule has 0 radical (unpaired) electrons. The van der Waals surface area contributed by atoms with Crippen LogP contribution in [0, 0.1) is 0 Å². The number of nitrogens with zero attached hydrogens (tertiary/aromatic N) is 5. The third-order valence-corrected chi connectivity index (χ3v) is 3.49. The van der Waals surface area contributed by atoms with E-state index >= 15 is 0 Å². The molecule has 1 unspecified atom stereocenters. The second-order valence-corrected chi connectivity index (χ2v) is 5.69. The fourth-order valence-electron chi connectivity index (χ4n) is 1.54. The number of hydrogen-bond acceptors (Lipinski definition) is 7. The zero-order valence-corrected chi connectivity index (χ0v) is 12.7. The first-order chi connectivity index (χ1) is 9.50. The first-order valence-electron chi connectivity index (χ1n) is 5.85. The van der Waals surface area contributed by atoms with Crippen LogP contribution in [-0.2, 0) is 0 Å². The van der Waals surface area contributed by atoms with Gasteiger partial charge in [0, 0.05) is 24.7 Å². The van der Waals surface area contributed by atoms with Crippen LogP contribution in [-0.4, -0.2) is 53.8 Å². The number of aromatic nitrogens is 5. The van der Waals surface area contributed by atoms with Gasteiger partial charge in [0.15, 0.2) is 0 Å². The molecule has 0 aliphatic carbocycles. The fourth-order valence-corrected chi connectivity index (χ4v) is 2.42. The lowest BCUT2D eigenvalue weighted by Crippen LogP contribution is -2.36. The molecule has 7 nitrogen and oxygen atoms in total. The van der Waals surface area contributed by atoms with Crippen molar-refractivity contribution >= 4 is 29.3 Å². The van der Waals surface area contributed by atoms with Crippen molar-refractivity contribution < 1.29 is 5.11 Å². The zero-order chi connectivity index (χ0) is 14.6. The maximum absolute atomic E-state index is 10.1. The highest BCUT2D eigenvalue weighted by Crippen LogP contribution is 2.13. The van der Waals surface area contributed by atoms with E-state index in [-0.39, 0.29) is 5.28 Å². The molecule has 9 heteroatoms. The van der Waals surface area contributed by atoms with E-state index in [1.807, 2.05) is 6.26 Å². The molecular formula is C11H15ClN6OS. The number of nitrogens with one attached hydrogen (secondary N) is 1. The van der Waals surface area contributed by atoms with E-state index in [2.05, 4.69) is 25.3 Å². The monoisotopic (exact) mass is 314 g/mol. The van der Waals surface area contributed by atoms with Crippen molar-refractivity contribution in [2.45, 2.75) is 12.5 Å². The van der Waals surface area contributed by atoms with Gasteiger partial charge in [0.1, 0.15) is 6.33 Å². The van der Waals surface area contributed by atoms with Gasteiger partial charge in [0.2, 0.25) is 17.2 Å². The molecule has 0 spiro atoms. The van der Waals surface area contributed by atoms with Crippen LogP contribution in [0.15, 0.2) is 18.7 Å². The number of rotatable bonds is 6. The molecule has 20 heavy (non-hydrogen) atoms. The fraction of sp³-hybridized carbons (Fsp3) is 0.455. The highest BCUT2D eigenvalue weighted by atomic mass is 35.5. The van der Waals surface area contributed by atoms with Crippen LogP contribution in [0.4, 0.5) is 5.95 Å². The van der Waals surface area contributed by atoms with Crippen molar-refractivity contribution in [3.05, 3.63) is 24.0 Å². The Morgan fingerprint density at radius 1 is 1.45 bits per heavy atom. The predicted octanol–water partition coefficient (Wildman–Crippen LogP) is 1.24. The number of imidazole rings is 1. The number of anilines is 1. The van der Waals surface area contributed by atoms with Crippen LogP contribution in [0.5, 0.6) is 0 Å². The van der Waals surface area contributed by atoms with Gasteiger partial charge in [-0.25, -0.2) is 4.98 Å². The van der Waals surface area contributed by atoms with E-state index in [0.717, 1.165) is 0 Å². The minimum Gasteiger partial charge on any atom is -0.387 e. The summed E-state index contributed by atoms with van der Waals surface area (Å²) in [7, 11) is 0. The summed E-state index contributed by atoms with van der Waals surface area (Å²) >= 11 is 7.44. The largest absolute Gasteiger partial charge is 0.387 e. The lowest BCUT2D eigenvalue weighted by molar-refractivity contribution is 0.0995. The second-order valence-electron chi connectivity index (χ2n) is 4.48. The Labute approximate surface area is 125 Å². The summed E-state index contributed by atoms with van der Waals surface area (Å²) in [6.07, 6.45) is 6.83. The minimum absolute atomic E-state index is 0.0794. The topological polar surface area (TPSA) is 88.8 Å². The Morgan fingerprint density at radius 2 is 2.25 bits per heavy atom. The Bertz CT molecular complexity index is 562. The second kappa shape index (κ2) is 6.38. The maximum atomic E-state index is 10.1. The first kappa shape index (κ1) is 15.0. The van der Waals surface area contributed by atoms with Gasteiger partial charge in [0.05, 0.1) is 5.60 Å². The molecule has 108 valence electrons. The van der Waals surface area contributed by atoms with Gasteiger partial charge >= 0.3 is 0 Å². The maximum Gasteiger partial charge on any atom is 0.241 e. The molecule has 0 bridgehead atoms. The highest BCUT2D eigenvalue weighted by Gasteiger charge is 2.20. The third kappa shape index (κ3) is 4.06. The van der Waals surface area contributed by atoms with Crippen LogP contribution >= 0.6 is 23.4 Å². The molecule has 2 N–H and O–H groups in total. The summed E-state index contributed by atoms with van der Waals surface area (Å²) in [5.74, 6) is 1.29. The van der Waals surface area contributed by atoms with Gasteiger partial charge in [-0.15, -0.1) is 0 Å². The van der Waals surface area contributed by atoms with Gasteiger partial charge in [-0.1, -0.05) is 0 Å². The molecule has 0 aromatic carbocycles. The van der Waals surface area contributed by atoms with Crippen LogP contribution < -0.4 is 5.32 Å². The van der Waals surface area contributed by atoms with E-state index < -0.39 is 5.60 Å². The Balaban J connectivity index is 2.13. The molecule has 0 fully saturated rings. The van der Waals surface area contributed by atoms with Gasteiger partial charge in [-0.3, -0.25) is 4.57 Å². The predicted molar refractivity (Wildman–Crippen MR) is 79.5 cm³/mol. The summed E-state index contributed by atoms with van der Waals surface area (Å²) in [5, 5.41) is 13.1. The average Bonchev–Trinajstić information content (AvgIpc) is 2.90. The van der Waals surface area contributed by atoms with Gasteiger partial charge < -0.3 is 10.4 Å². The molecule has 0 aliphatic rings. The van der Waals surface area contributed by atoms with E-state index in [4.69, 9.17) is 11.6 Å². The molecule has 2 rings (SSSR count). The standard InChI is InChI=1S/C11H15ClN6OS/c1-11(19,6-20-2)5-14-9-15-8(12)16-10(17-9)18-4-3-13-7-18/h3-4,7,19H,5-6H2,1-2H3,(H,14,15,16,17). The minimum atomic E-state index is -0.853. The van der Waals surface area contributed by atoms with Crippen molar-refractivity contribution in [3.8, 4) is 5.95 Å². The molecule has 0 saturated heterocycles. The van der Waals surface area contributed by atoms with Crippen LogP contribution in [0.25, 0.3) is 5.95 Å². The highest BCUT2D eigenvalue weighted by molar-refractivity contribution is 7.98. The molecule has 2 aromatic heterocycles. The van der Waals surface area contributed by atoms with Gasteiger partial charge in [0.25, 0.3) is 0 Å². The molecular weight excluding hydrogens is 300 g/mol. The van der Waals surface area contributed by atoms with Crippen molar-refractivity contribution in [2.75, 3.05) is 23.9 Å². The lowest BCUT2D eigenvalue weighted by atomic mass is 10.1. The zero-order valence-electron chi connectivity index (χ0n) is 11.1. The number of aliphatic hydroxyl groups is 1. The molecule has 0 amide bonds. The number of hydrogen-bond donors (Lipinski definition) is 2. The Morgan fingerprint density at radius 3 is 2.90 bits per heavy atom. The first-order valence-corrected chi connectivity index (χ1v) is 7.62. The summed E-state index contributed by atoms with van der Waals surface area (Å²) < 4.78 is 1.62. The Kier molecular flexibility index (Phi) is 4.79. The summed E-state index contributed by atoms with van der Waals surface area (Å²) in [5.41, 5.74) is -0.853. The van der Waals surface area contributed by atoms with Crippen molar-refractivity contribution in [2.24, 2.45) is 0 Å². The van der Waals surface area contributed by atoms with Crippen LogP contribution in [0.1, 0.15) is 6.92 Å². The smallest absolute Gasteiger partial charge is 0.241 e. The van der Waals surface area contributed by atoms with E-state index in [1.54, 1.807) is 42.0 Å². The normalized spacial score (nSPS) is 14.0. The van der Waals surface area contributed by atoms with Crippen molar-refractivity contribution in [1.82, 2.24) is 24.5 Å². The average molecular weight is 315 g/mol. The quantitative estimate of drug-likeness (QED) is 0.829. The number of halogens is 1. The van der Waals surface area contributed by atoms with E-state index in [0.29, 0.717) is 24.2 Å². The van der Waals surface area contributed by atoms with Crippen molar-refractivity contribution in [3.63, 3.8) is 0 Å². The third-order valence-electron chi connectivity index (χ3n) is 2.41. The van der Waals surface area contributed by atoms with Crippen molar-refractivity contribution in [1.29, 1.82) is 0 Å². The summed E-state index contributed by atoms with van der Waals surface area (Å²) in [6, 6.07) is 0. The summed E-state index contributed by atoms with van der Waals surface area (Å²) in [6.45, 7) is 2.06. The van der Waals surface area contributed by atoms with E-state index in [1.165, 1.54) is 0 Å². The lowest BCUT2D eigenvalue weighted by Gasteiger charge is -2.22. The van der Waals surface area contributed by atoms with Gasteiger partial charge in [-0.2, -0.15) is 26.7 Å². The summed E-state index contributed by atoms with van der Waals surface area (Å²) in [4.78, 5) is 16.2. The van der Waals surface area contributed by atoms with E-state index in [9.17, 15) is 5.11 Å². The molecule has 1 atom stereocenters. The molecule has 2 aromatic rings. The Hall–Kier alpha value is -1.38. The number of thioether (sulfide) groups is 1. The molecule has 2 heterocycles. The van der Waals surface area contributed by atoms with Crippen LogP contribution in [0.3, 0.4) is 0 Å². The SMILES string of the molecule is CSCC(C)(O)CNc1nc(Cl)nc(-n2ccnc2)n1. The molecule has 0 saturated carbocycles. The van der Waals surface area contributed by atoms with Gasteiger partial charge in [-0.05, 0) is 24.8 Å². The van der Waals surface area contributed by atoms with Crippen LogP contribution in [0.2, 0.25) is 5.28 Å².